The van der Waals surface area contributed by atoms with Gasteiger partial charge < -0.3 is 15.4 Å². The first-order valence-corrected chi connectivity index (χ1v) is 7.23. The fourth-order valence-corrected chi connectivity index (χ4v) is 2.45. The number of nitrogens with one attached hydrogen (secondary N) is 2. The lowest BCUT2D eigenvalue weighted by Gasteiger charge is -2.30. The summed E-state index contributed by atoms with van der Waals surface area (Å²) >= 11 is 0. The maximum Gasteiger partial charge on any atom is 0.243 e. The molecule has 5 heteroatoms. The van der Waals surface area contributed by atoms with Gasteiger partial charge in [0.2, 0.25) is 11.8 Å². The van der Waals surface area contributed by atoms with Gasteiger partial charge in [0.15, 0.2) is 0 Å². The third kappa shape index (κ3) is 3.97. The fourth-order valence-electron chi connectivity index (χ4n) is 2.45. The predicted molar refractivity (Wildman–Crippen MR) is 80.0 cm³/mol. The van der Waals surface area contributed by atoms with Crippen LogP contribution in [0.2, 0.25) is 0 Å². The van der Waals surface area contributed by atoms with Gasteiger partial charge >= 0.3 is 0 Å². The van der Waals surface area contributed by atoms with Gasteiger partial charge in [-0.1, -0.05) is 26.0 Å². The van der Waals surface area contributed by atoms with Crippen molar-refractivity contribution in [3.05, 3.63) is 29.8 Å². The summed E-state index contributed by atoms with van der Waals surface area (Å²) < 4.78 is 5.10. The molecule has 0 aromatic heterocycles. The zero-order valence-corrected chi connectivity index (χ0v) is 12.7. The Kier molecular flexibility index (Phi) is 4.83. The van der Waals surface area contributed by atoms with Crippen molar-refractivity contribution in [2.24, 2.45) is 5.92 Å². The van der Waals surface area contributed by atoms with E-state index in [0.29, 0.717) is 18.8 Å². The first-order chi connectivity index (χ1) is 9.99. The Morgan fingerprint density at radius 2 is 1.62 bits per heavy atom. The molecule has 0 unspecified atom stereocenters. The Labute approximate surface area is 125 Å². The van der Waals surface area contributed by atoms with Crippen LogP contribution in [0.5, 0.6) is 5.75 Å². The van der Waals surface area contributed by atoms with Crippen molar-refractivity contribution >= 4 is 11.8 Å². The number of hydrogen-bond donors (Lipinski definition) is 2. The van der Waals surface area contributed by atoms with Crippen molar-refractivity contribution in [1.29, 1.82) is 0 Å². The van der Waals surface area contributed by atoms with Crippen molar-refractivity contribution < 1.29 is 14.3 Å². The molecule has 1 fully saturated rings. The lowest BCUT2D eigenvalue weighted by Crippen LogP contribution is -2.62. The second-order valence-corrected chi connectivity index (χ2v) is 5.80. The number of carbonyl (C=O) groups is 2. The van der Waals surface area contributed by atoms with E-state index in [9.17, 15) is 9.59 Å². The van der Waals surface area contributed by atoms with E-state index < -0.39 is 12.1 Å². The third-order valence-corrected chi connectivity index (χ3v) is 3.57. The van der Waals surface area contributed by atoms with E-state index >= 15 is 0 Å². The summed E-state index contributed by atoms with van der Waals surface area (Å²) in [6, 6.07) is 6.58. The van der Waals surface area contributed by atoms with Crippen LogP contribution in [0.3, 0.4) is 0 Å². The number of amides is 2. The van der Waals surface area contributed by atoms with Crippen LogP contribution in [0.25, 0.3) is 0 Å². The van der Waals surface area contributed by atoms with E-state index in [0.717, 1.165) is 11.3 Å². The minimum atomic E-state index is -0.505. The molecule has 5 nitrogen and oxygen atoms in total. The van der Waals surface area contributed by atoms with Crippen molar-refractivity contribution in [1.82, 2.24) is 10.6 Å². The minimum absolute atomic E-state index is 0.0955. The van der Waals surface area contributed by atoms with Crippen molar-refractivity contribution in [2.45, 2.75) is 38.8 Å². The largest absolute Gasteiger partial charge is 0.497 e. The highest BCUT2D eigenvalue weighted by Gasteiger charge is 2.33. The molecule has 2 N–H and O–H groups in total. The number of piperazine rings is 1. The Morgan fingerprint density at radius 1 is 1.05 bits per heavy atom. The van der Waals surface area contributed by atoms with Crippen LogP contribution in [-0.2, 0) is 16.0 Å². The van der Waals surface area contributed by atoms with Gasteiger partial charge in [0, 0.05) is 6.42 Å². The van der Waals surface area contributed by atoms with Gasteiger partial charge in [-0.2, -0.15) is 0 Å². The topological polar surface area (TPSA) is 67.4 Å². The number of carbonyl (C=O) groups excluding carboxylic acids is 2. The monoisotopic (exact) mass is 290 g/mol. The zero-order valence-electron chi connectivity index (χ0n) is 12.7. The van der Waals surface area contributed by atoms with Crippen LogP contribution in [0.4, 0.5) is 0 Å². The average molecular weight is 290 g/mol. The fraction of sp³-hybridized carbons (Fsp3) is 0.500. The number of hydrogen-bond acceptors (Lipinski definition) is 3. The first-order valence-electron chi connectivity index (χ1n) is 7.23. The summed E-state index contributed by atoms with van der Waals surface area (Å²) in [6.07, 6.45) is 1.14. The normalized spacial score (nSPS) is 21.9. The van der Waals surface area contributed by atoms with E-state index in [1.54, 1.807) is 7.11 Å². The van der Waals surface area contributed by atoms with E-state index in [1.807, 2.05) is 38.1 Å². The van der Waals surface area contributed by atoms with Crippen LogP contribution in [0, 0.1) is 5.92 Å². The molecule has 2 amide bonds. The predicted octanol–water partition coefficient (Wildman–Crippen LogP) is 1.27. The smallest absolute Gasteiger partial charge is 0.243 e. The molecule has 0 radical (unpaired) electrons. The molecule has 0 saturated carbocycles. The maximum absolute atomic E-state index is 12.1. The Hall–Kier alpha value is -2.04. The Balaban J connectivity index is 1.98. The van der Waals surface area contributed by atoms with Crippen molar-refractivity contribution in [3.8, 4) is 5.75 Å². The van der Waals surface area contributed by atoms with Gasteiger partial charge in [-0.05, 0) is 30.0 Å². The molecule has 1 aliphatic heterocycles. The molecule has 1 saturated heterocycles. The summed E-state index contributed by atoms with van der Waals surface area (Å²) in [5.74, 6) is 0.921. The summed E-state index contributed by atoms with van der Waals surface area (Å²) in [5.41, 5.74) is 0.985. The molecule has 1 heterocycles. The zero-order chi connectivity index (χ0) is 15.4. The summed E-state index contributed by atoms with van der Waals surface area (Å²) in [6.45, 7) is 4.06. The molecule has 0 bridgehead atoms. The highest BCUT2D eigenvalue weighted by molar-refractivity contribution is 5.97. The molecule has 0 spiro atoms. The molecule has 1 aromatic carbocycles. The molecule has 21 heavy (non-hydrogen) atoms. The highest BCUT2D eigenvalue weighted by Crippen LogP contribution is 2.15. The Bertz CT molecular complexity index is 511. The summed E-state index contributed by atoms with van der Waals surface area (Å²) in [7, 11) is 1.61. The van der Waals surface area contributed by atoms with Crippen molar-refractivity contribution in [3.63, 3.8) is 0 Å². The molecule has 114 valence electrons. The van der Waals surface area contributed by atoms with Crippen molar-refractivity contribution in [2.75, 3.05) is 7.11 Å². The lowest BCUT2D eigenvalue weighted by atomic mass is 9.97. The second-order valence-electron chi connectivity index (χ2n) is 5.80. The molecular weight excluding hydrogens is 268 g/mol. The molecular formula is C16H22N2O3. The number of rotatable bonds is 5. The lowest BCUT2D eigenvalue weighted by molar-refractivity contribution is -0.137. The third-order valence-electron chi connectivity index (χ3n) is 3.57. The number of benzene rings is 1. The van der Waals surface area contributed by atoms with Crippen LogP contribution in [0.1, 0.15) is 25.8 Å². The van der Waals surface area contributed by atoms with E-state index in [1.165, 1.54) is 0 Å². The SMILES string of the molecule is COc1ccc(C[C@@H]2NC(=O)[C@H](CC(C)C)NC2=O)cc1. The summed E-state index contributed by atoms with van der Waals surface area (Å²) in [4.78, 5) is 24.1. The van der Waals surface area contributed by atoms with Crippen LogP contribution < -0.4 is 15.4 Å². The average Bonchev–Trinajstić information content (AvgIpc) is 2.44. The Morgan fingerprint density at radius 3 is 2.19 bits per heavy atom. The number of ether oxygens (including phenoxy) is 1. The van der Waals surface area contributed by atoms with E-state index in [4.69, 9.17) is 4.74 Å². The van der Waals surface area contributed by atoms with E-state index in [2.05, 4.69) is 10.6 Å². The van der Waals surface area contributed by atoms with E-state index in [-0.39, 0.29) is 11.8 Å². The molecule has 1 aliphatic rings. The van der Waals surface area contributed by atoms with Gasteiger partial charge in [0.05, 0.1) is 7.11 Å². The second kappa shape index (κ2) is 6.61. The van der Waals surface area contributed by atoms with Gasteiger partial charge in [-0.15, -0.1) is 0 Å². The van der Waals surface area contributed by atoms with Gasteiger partial charge in [-0.25, -0.2) is 0 Å². The first kappa shape index (κ1) is 15.4. The number of methoxy groups -OCH3 is 1. The standard InChI is InChI=1S/C16H22N2O3/c1-10(2)8-13-15(19)18-14(16(20)17-13)9-11-4-6-12(21-3)7-5-11/h4-7,10,13-14H,8-9H2,1-3H3,(H,17,20)(H,18,19)/t13-,14-/m0/s1. The molecule has 2 rings (SSSR count). The van der Waals surface area contributed by atoms with Crippen LogP contribution >= 0.6 is 0 Å². The minimum Gasteiger partial charge on any atom is -0.497 e. The van der Waals surface area contributed by atoms with Gasteiger partial charge in [0.1, 0.15) is 17.8 Å². The quantitative estimate of drug-likeness (QED) is 0.858. The van der Waals surface area contributed by atoms with Crippen LogP contribution in [0.15, 0.2) is 24.3 Å². The van der Waals surface area contributed by atoms with Crippen LogP contribution in [-0.4, -0.2) is 31.0 Å². The maximum atomic E-state index is 12.1. The molecule has 2 atom stereocenters. The van der Waals surface area contributed by atoms with Gasteiger partial charge in [-0.3, -0.25) is 9.59 Å². The molecule has 1 aromatic rings. The molecule has 0 aliphatic carbocycles. The highest BCUT2D eigenvalue weighted by atomic mass is 16.5. The van der Waals surface area contributed by atoms with Gasteiger partial charge in [0.25, 0.3) is 0 Å². The summed E-state index contributed by atoms with van der Waals surface area (Å²) in [5, 5.41) is 5.63.